The summed E-state index contributed by atoms with van der Waals surface area (Å²) in [6.45, 7) is 0.497. The first-order valence-electron chi connectivity index (χ1n) is 5.84. The topological polar surface area (TPSA) is 35.2 Å². The van der Waals surface area contributed by atoms with Gasteiger partial charge in [-0.15, -0.1) is 0 Å². The van der Waals surface area contributed by atoms with Gasteiger partial charge in [0.25, 0.3) is 0 Å². The first-order valence-corrected chi connectivity index (χ1v) is 6.64. The summed E-state index contributed by atoms with van der Waals surface area (Å²) < 4.78 is 44.8. The van der Waals surface area contributed by atoms with E-state index in [1.807, 2.05) is 0 Å². The van der Waals surface area contributed by atoms with E-state index < -0.39 is 17.8 Å². The molecule has 19 heavy (non-hydrogen) atoms. The summed E-state index contributed by atoms with van der Waals surface area (Å²) in [5.41, 5.74) is 5.21. The van der Waals surface area contributed by atoms with Crippen LogP contribution in [0.1, 0.15) is 30.0 Å². The fourth-order valence-electron chi connectivity index (χ4n) is 1.99. The maximum atomic E-state index is 13.0. The molecule has 1 heterocycles. The molecule has 0 saturated carbocycles. The number of ether oxygens (including phenoxy) is 1. The second kappa shape index (κ2) is 5.54. The van der Waals surface area contributed by atoms with Crippen LogP contribution in [0.2, 0.25) is 0 Å². The molecule has 0 fully saturated rings. The van der Waals surface area contributed by atoms with Crippen LogP contribution in [0.4, 0.5) is 13.2 Å². The summed E-state index contributed by atoms with van der Waals surface area (Å²) in [5.74, 6) is 0.416. The maximum absolute atomic E-state index is 13.0. The molecule has 0 amide bonds. The molecule has 6 heteroatoms. The van der Waals surface area contributed by atoms with E-state index in [0.29, 0.717) is 16.8 Å². The molecule has 0 radical (unpaired) electrons. The van der Waals surface area contributed by atoms with E-state index in [1.54, 1.807) is 12.1 Å². The number of halogens is 4. The quantitative estimate of drug-likeness (QED) is 0.880. The number of allylic oxidation sites excluding steroid dienone is 1. The average molecular weight is 336 g/mol. The molecule has 0 aromatic heterocycles. The van der Waals surface area contributed by atoms with Crippen LogP contribution >= 0.6 is 15.9 Å². The third-order valence-electron chi connectivity index (χ3n) is 2.93. The van der Waals surface area contributed by atoms with E-state index in [2.05, 4.69) is 15.9 Å². The zero-order valence-electron chi connectivity index (χ0n) is 10.0. The molecule has 1 aliphatic rings. The normalized spacial score (nSPS) is 17.6. The SMILES string of the molecule is NC(C1=CCCCO1)c1ccc(Br)cc1C(F)(F)F. The van der Waals surface area contributed by atoms with Crippen LogP contribution in [0.5, 0.6) is 0 Å². The van der Waals surface area contributed by atoms with Crippen LogP contribution in [-0.2, 0) is 10.9 Å². The molecule has 2 rings (SSSR count). The van der Waals surface area contributed by atoms with Crippen molar-refractivity contribution in [1.82, 2.24) is 0 Å². The van der Waals surface area contributed by atoms with Gasteiger partial charge in [-0.1, -0.05) is 22.0 Å². The van der Waals surface area contributed by atoms with Crippen LogP contribution < -0.4 is 5.73 Å². The summed E-state index contributed by atoms with van der Waals surface area (Å²) in [6.07, 6.45) is -1.04. The molecular weight excluding hydrogens is 323 g/mol. The highest BCUT2D eigenvalue weighted by Crippen LogP contribution is 2.38. The summed E-state index contributed by atoms with van der Waals surface area (Å²) in [4.78, 5) is 0. The first kappa shape index (κ1) is 14.4. The molecule has 0 saturated heterocycles. The van der Waals surface area contributed by atoms with Gasteiger partial charge in [0.1, 0.15) is 5.76 Å². The minimum absolute atomic E-state index is 0.0313. The van der Waals surface area contributed by atoms with E-state index in [0.717, 1.165) is 18.9 Å². The third-order valence-corrected chi connectivity index (χ3v) is 3.42. The lowest BCUT2D eigenvalue weighted by Crippen LogP contribution is -2.22. The highest BCUT2D eigenvalue weighted by atomic mass is 79.9. The van der Waals surface area contributed by atoms with E-state index >= 15 is 0 Å². The van der Waals surface area contributed by atoms with Crippen molar-refractivity contribution in [1.29, 1.82) is 0 Å². The molecule has 0 aliphatic carbocycles. The number of rotatable bonds is 2. The van der Waals surface area contributed by atoms with Crippen molar-refractivity contribution in [3.8, 4) is 0 Å². The van der Waals surface area contributed by atoms with Gasteiger partial charge in [0.2, 0.25) is 0 Å². The first-order chi connectivity index (χ1) is 8.89. The zero-order valence-corrected chi connectivity index (χ0v) is 11.6. The van der Waals surface area contributed by atoms with Crippen molar-refractivity contribution in [3.63, 3.8) is 0 Å². The van der Waals surface area contributed by atoms with Crippen LogP contribution in [0, 0.1) is 0 Å². The van der Waals surface area contributed by atoms with Crippen molar-refractivity contribution in [2.75, 3.05) is 6.61 Å². The zero-order chi connectivity index (χ0) is 14.0. The standard InChI is InChI=1S/C13H13BrF3NO/c14-8-4-5-9(10(7-8)13(15,16)17)12(18)11-3-1-2-6-19-11/h3-5,7,12H,1-2,6,18H2. The minimum Gasteiger partial charge on any atom is -0.496 e. The summed E-state index contributed by atoms with van der Waals surface area (Å²) in [5, 5.41) is 0. The second-order valence-electron chi connectivity index (χ2n) is 4.30. The number of benzene rings is 1. The van der Waals surface area contributed by atoms with Gasteiger partial charge in [0, 0.05) is 4.47 Å². The third kappa shape index (κ3) is 3.30. The van der Waals surface area contributed by atoms with Crippen molar-refractivity contribution >= 4 is 15.9 Å². The average Bonchev–Trinajstić information content (AvgIpc) is 2.38. The molecule has 1 aromatic carbocycles. The lowest BCUT2D eigenvalue weighted by molar-refractivity contribution is -0.138. The maximum Gasteiger partial charge on any atom is 0.416 e. The smallest absolute Gasteiger partial charge is 0.416 e. The van der Waals surface area contributed by atoms with Crippen LogP contribution in [-0.4, -0.2) is 6.61 Å². The molecule has 2 nitrogen and oxygen atoms in total. The Morgan fingerprint density at radius 3 is 2.63 bits per heavy atom. The highest BCUT2D eigenvalue weighted by Gasteiger charge is 2.35. The molecule has 104 valence electrons. The lowest BCUT2D eigenvalue weighted by Gasteiger charge is -2.23. The Labute approximate surface area is 117 Å². The minimum atomic E-state index is -4.44. The van der Waals surface area contributed by atoms with E-state index in [-0.39, 0.29) is 5.56 Å². The fraction of sp³-hybridized carbons (Fsp3) is 0.385. The molecule has 0 bridgehead atoms. The number of hydrogen-bond donors (Lipinski definition) is 1. The summed E-state index contributed by atoms with van der Waals surface area (Å²) in [7, 11) is 0. The molecule has 1 unspecified atom stereocenters. The number of nitrogens with two attached hydrogens (primary N) is 1. The van der Waals surface area contributed by atoms with E-state index in [9.17, 15) is 13.2 Å². The van der Waals surface area contributed by atoms with Gasteiger partial charge in [-0.25, -0.2) is 0 Å². The molecule has 1 aliphatic heterocycles. The van der Waals surface area contributed by atoms with Crippen LogP contribution in [0.3, 0.4) is 0 Å². The van der Waals surface area contributed by atoms with Crippen LogP contribution in [0.25, 0.3) is 0 Å². The fourth-order valence-corrected chi connectivity index (χ4v) is 2.35. The van der Waals surface area contributed by atoms with E-state index in [4.69, 9.17) is 10.5 Å². The molecular formula is C13H13BrF3NO. The number of hydrogen-bond acceptors (Lipinski definition) is 2. The van der Waals surface area contributed by atoms with Crippen molar-refractivity contribution in [3.05, 3.63) is 45.6 Å². The van der Waals surface area contributed by atoms with Gasteiger partial charge in [-0.2, -0.15) is 13.2 Å². The molecule has 1 atom stereocenters. The van der Waals surface area contributed by atoms with Gasteiger partial charge in [-0.05, 0) is 36.6 Å². The van der Waals surface area contributed by atoms with Crippen molar-refractivity contribution in [2.45, 2.75) is 25.1 Å². The second-order valence-corrected chi connectivity index (χ2v) is 5.22. The van der Waals surface area contributed by atoms with Crippen LogP contribution in [0.15, 0.2) is 34.5 Å². The Morgan fingerprint density at radius 1 is 1.32 bits per heavy atom. The van der Waals surface area contributed by atoms with Crippen molar-refractivity contribution < 1.29 is 17.9 Å². The van der Waals surface area contributed by atoms with Gasteiger partial charge in [-0.3, -0.25) is 0 Å². The monoisotopic (exact) mass is 335 g/mol. The molecule has 0 spiro atoms. The highest BCUT2D eigenvalue weighted by molar-refractivity contribution is 9.10. The van der Waals surface area contributed by atoms with Gasteiger partial charge >= 0.3 is 6.18 Å². The Bertz CT molecular complexity index is 499. The van der Waals surface area contributed by atoms with Gasteiger partial charge < -0.3 is 10.5 Å². The predicted octanol–water partition coefficient (Wildman–Crippen LogP) is 4.16. The molecule has 1 aromatic rings. The van der Waals surface area contributed by atoms with Gasteiger partial charge in [0.15, 0.2) is 0 Å². The Kier molecular flexibility index (Phi) is 4.20. The van der Waals surface area contributed by atoms with E-state index in [1.165, 1.54) is 6.07 Å². The Morgan fingerprint density at radius 2 is 2.05 bits per heavy atom. The lowest BCUT2D eigenvalue weighted by atomic mass is 9.98. The Hall–Kier alpha value is -1.01. The summed E-state index contributed by atoms with van der Waals surface area (Å²) in [6, 6.07) is 3.09. The van der Waals surface area contributed by atoms with Gasteiger partial charge in [0.05, 0.1) is 18.2 Å². The Balaban J connectivity index is 2.41. The predicted molar refractivity (Wildman–Crippen MR) is 69.3 cm³/mol. The largest absolute Gasteiger partial charge is 0.496 e. The molecule has 2 N–H and O–H groups in total. The summed E-state index contributed by atoms with van der Waals surface area (Å²) >= 11 is 3.05. The number of alkyl halides is 3. The van der Waals surface area contributed by atoms with Crippen molar-refractivity contribution in [2.24, 2.45) is 5.73 Å².